The molecule has 0 saturated carbocycles. The molecule has 2 atom stereocenters. The van der Waals surface area contributed by atoms with Crippen molar-refractivity contribution >= 4 is 12.1 Å². The van der Waals surface area contributed by atoms with Gasteiger partial charge in [-0.25, -0.2) is 0 Å². The molecule has 1 heterocycles. The van der Waals surface area contributed by atoms with E-state index in [0.717, 1.165) is 11.3 Å². The van der Waals surface area contributed by atoms with Crippen molar-refractivity contribution in [2.45, 2.75) is 32.6 Å². The third-order valence-corrected chi connectivity index (χ3v) is 2.87. The normalized spacial score (nSPS) is 22.6. The Hall–Kier alpha value is -2.08. The van der Waals surface area contributed by atoms with Crippen LogP contribution in [-0.4, -0.2) is 31.1 Å². The Balaban J connectivity index is 1.94. The van der Waals surface area contributed by atoms with Gasteiger partial charge in [0.15, 0.2) is 6.29 Å². The molecule has 1 amide bonds. The van der Waals surface area contributed by atoms with Gasteiger partial charge < -0.3 is 10.1 Å². The fourth-order valence-electron chi connectivity index (χ4n) is 2.01. The predicted molar refractivity (Wildman–Crippen MR) is 77.5 cm³/mol. The van der Waals surface area contributed by atoms with Crippen LogP contribution in [0.2, 0.25) is 0 Å². The second-order valence-electron chi connectivity index (χ2n) is 4.63. The van der Waals surface area contributed by atoms with Gasteiger partial charge in [0.2, 0.25) is 5.91 Å². The molecule has 1 aliphatic rings. The Bertz CT molecular complexity index is 490. The van der Waals surface area contributed by atoms with Crippen molar-refractivity contribution in [1.82, 2.24) is 16.1 Å². The van der Waals surface area contributed by atoms with Gasteiger partial charge in [-0.05, 0) is 26.0 Å². The Morgan fingerprint density at radius 2 is 2.30 bits per heavy atom. The fraction of sp³-hybridized carbons (Fsp3) is 0.429. The minimum absolute atomic E-state index is 0.0127. The quantitative estimate of drug-likeness (QED) is 0.549. The summed E-state index contributed by atoms with van der Waals surface area (Å²) in [5.41, 5.74) is 3.76. The largest absolute Gasteiger partial charge is 0.493 e. The van der Waals surface area contributed by atoms with Gasteiger partial charge in [0, 0.05) is 18.0 Å². The highest BCUT2D eigenvalue weighted by molar-refractivity contribution is 5.83. The lowest BCUT2D eigenvalue weighted by atomic mass is 10.2. The smallest absolute Gasteiger partial charge is 0.224 e. The molecule has 2 rings (SSSR count). The van der Waals surface area contributed by atoms with Crippen molar-refractivity contribution in [3.05, 3.63) is 29.8 Å². The number of nitrogens with zero attached hydrogens (tertiary/aromatic N) is 1. The molecule has 0 bridgehead atoms. The first-order valence-electron chi connectivity index (χ1n) is 6.75. The molecular weight excluding hydrogens is 256 g/mol. The number of rotatable bonds is 5. The van der Waals surface area contributed by atoms with Gasteiger partial charge in [-0.2, -0.15) is 5.10 Å². The van der Waals surface area contributed by atoms with E-state index in [9.17, 15) is 4.79 Å². The van der Waals surface area contributed by atoms with Crippen molar-refractivity contribution in [2.24, 2.45) is 5.10 Å². The van der Waals surface area contributed by atoms with E-state index in [4.69, 9.17) is 4.74 Å². The van der Waals surface area contributed by atoms with E-state index >= 15 is 0 Å². The summed E-state index contributed by atoms with van der Waals surface area (Å²) in [6.07, 6.45) is 1.81. The third-order valence-electron chi connectivity index (χ3n) is 2.87. The number of benzene rings is 1. The predicted octanol–water partition coefficient (Wildman–Crippen LogP) is 0.790. The van der Waals surface area contributed by atoms with Crippen LogP contribution in [0.15, 0.2) is 29.4 Å². The highest BCUT2D eigenvalue weighted by atomic mass is 16.5. The second-order valence-corrected chi connectivity index (χ2v) is 4.63. The second kappa shape index (κ2) is 6.91. The first-order valence-corrected chi connectivity index (χ1v) is 6.75. The third kappa shape index (κ3) is 3.96. The van der Waals surface area contributed by atoms with Crippen LogP contribution in [0.3, 0.4) is 0 Å². The van der Waals surface area contributed by atoms with Crippen LogP contribution in [0.1, 0.15) is 25.8 Å². The summed E-state index contributed by atoms with van der Waals surface area (Å²) in [5, 5.41) is 10.1. The zero-order valence-corrected chi connectivity index (χ0v) is 11.7. The molecule has 6 nitrogen and oxygen atoms in total. The summed E-state index contributed by atoms with van der Waals surface area (Å²) < 4.78 is 5.51. The summed E-state index contributed by atoms with van der Waals surface area (Å²) in [6, 6.07) is 7.79. The monoisotopic (exact) mass is 276 g/mol. The SMILES string of the molecule is CCOc1ccccc1/C=N/NC1NC(=O)CC(C)N1. The van der Waals surface area contributed by atoms with E-state index in [1.165, 1.54) is 0 Å². The molecule has 108 valence electrons. The fourth-order valence-corrected chi connectivity index (χ4v) is 2.01. The molecule has 0 aliphatic carbocycles. The topological polar surface area (TPSA) is 74.8 Å². The van der Waals surface area contributed by atoms with Gasteiger partial charge in [-0.3, -0.25) is 15.5 Å². The number of hydrogen-bond donors (Lipinski definition) is 3. The molecule has 0 radical (unpaired) electrons. The van der Waals surface area contributed by atoms with Gasteiger partial charge in [-0.1, -0.05) is 12.1 Å². The van der Waals surface area contributed by atoms with Crippen LogP contribution in [0.5, 0.6) is 5.75 Å². The number of hydrazone groups is 1. The summed E-state index contributed by atoms with van der Waals surface area (Å²) in [4.78, 5) is 11.4. The number of para-hydroxylation sites is 1. The number of carbonyl (C=O) groups is 1. The molecule has 3 N–H and O–H groups in total. The average Bonchev–Trinajstić information content (AvgIpc) is 2.40. The standard InChI is InChI=1S/C14H20N4O2/c1-3-20-12-7-5-4-6-11(12)9-15-18-14-16-10(2)8-13(19)17-14/h4-7,9-10,14,16,18H,3,8H2,1-2H3,(H,17,19)/b15-9+. The lowest BCUT2D eigenvalue weighted by Crippen LogP contribution is -2.60. The minimum atomic E-state index is -0.346. The van der Waals surface area contributed by atoms with Crippen molar-refractivity contribution < 1.29 is 9.53 Å². The van der Waals surface area contributed by atoms with Crippen LogP contribution in [0.25, 0.3) is 0 Å². The van der Waals surface area contributed by atoms with Crippen molar-refractivity contribution in [2.75, 3.05) is 6.61 Å². The summed E-state index contributed by atoms with van der Waals surface area (Å²) in [5.74, 6) is 0.799. The van der Waals surface area contributed by atoms with E-state index in [-0.39, 0.29) is 18.2 Å². The molecule has 1 aliphatic heterocycles. The Labute approximate surface area is 118 Å². The van der Waals surface area contributed by atoms with Crippen molar-refractivity contribution in [3.8, 4) is 5.75 Å². The van der Waals surface area contributed by atoms with Crippen LogP contribution in [-0.2, 0) is 4.79 Å². The van der Waals surface area contributed by atoms with Gasteiger partial charge in [-0.15, -0.1) is 0 Å². The molecular formula is C14H20N4O2. The highest BCUT2D eigenvalue weighted by Crippen LogP contribution is 2.15. The summed E-state index contributed by atoms with van der Waals surface area (Å²) >= 11 is 0. The van der Waals surface area contributed by atoms with Crippen LogP contribution < -0.4 is 20.8 Å². The summed E-state index contributed by atoms with van der Waals surface area (Å²) in [6.45, 7) is 4.51. The Morgan fingerprint density at radius 1 is 1.50 bits per heavy atom. The first kappa shape index (κ1) is 14.3. The van der Waals surface area contributed by atoms with E-state index in [0.29, 0.717) is 13.0 Å². The molecule has 1 saturated heterocycles. The van der Waals surface area contributed by atoms with Crippen LogP contribution >= 0.6 is 0 Å². The molecule has 0 spiro atoms. The Kier molecular flexibility index (Phi) is 4.95. The number of hydrogen-bond acceptors (Lipinski definition) is 5. The number of ether oxygens (including phenoxy) is 1. The van der Waals surface area contributed by atoms with E-state index in [2.05, 4.69) is 21.2 Å². The van der Waals surface area contributed by atoms with Crippen LogP contribution in [0, 0.1) is 0 Å². The molecule has 0 aromatic heterocycles. The minimum Gasteiger partial charge on any atom is -0.493 e. The maximum absolute atomic E-state index is 11.4. The number of amides is 1. The molecule has 2 unspecified atom stereocenters. The maximum atomic E-state index is 11.4. The highest BCUT2D eigenvalue weighted by Gasteiger charge is 2.21. The van der Waals surface area contributed by atoms with Crippen molar-refractivity contribution in [1.29, 1.82) is 0 Å². The molecule has 1 fully saturated rings. The van der Waals surface area contributed by atoms with Gasteiger partial charge in [0.25, 0.3) is 0 Å². The van der Waals surface area contributed by atoms with E-state index in [1.54, 1.807) is 6.21 Å². The molecule has 6 heteroatoms. The van der Waals surface area contributed by atoms with E-state index in [1.807, 2.05) is 38.1 Å². The summed E-state index contributed by atoms with van der Waals surface area (Å²) in [7, 11) is 0. The van der Waals surface area contributed by atoms with Crippen molar-refractivity contribution in [3.63, 3.8) is 0 Å². The lowest BCUT2D eigenvalue weighted by Gasteiger charge is -2.28. The maximum Gasteiger partial charge on any atom is 0.224 e. The zero-order chi connectivity index (χ0) is 14.4. The lowest BCUT2D eigenvalue weighted by molar-refractivity contribution is -0.124. The van der Waals surface area contributed by atoms with Gasteiger partial charge in [0.05, 0.1) is 12.8 Å². The van der Waals surface area contributed by atoms with Gasteiger partial charge in [0.1, 0.15) is 5.75 Å². The average molecular weight is 276 g/mol. The molecule has 1 aromatic rings. The Morgan fingerprint density at radius 3 is 3.05 bits per heavy atom. The number of carbonyl (C=O) groups excluding carboxylic acids is 1. The number of nitrogens with one attached hydrogen (secondary N) is 3. The van der Waals surface area contributed by atoms with Crippen LogP contribution in [0.4, 0.5) is 0 Å². The zero-order valence-electron chi connectivity index (χ0n) is 11.7. The van der Waals surface area contributed by atoms with E-state index < -0.39 is 0 Å². The first-order chi connectivity index (χ1) is 9.69. The molecule has 20 heavy (non-hydrogen) atoms. The molecule has 1 aromatic carbocycles. The van der Waals surface area contributed by atoms with Gasteiger partial charge >= 0.3 is 0 Å².